The van der Waals surface area contributed by atoms with Gasteiger partial charge >= 0.3 is 0 Å². The molecule has 2 aliphatic rings. The number of allylic oxidation sites excluding steroid dienone is 2. The van der Waals surface area contributed by atoms with Gasteiger partial charge in [-0.25, -0.2) is 0 Å². The van der Waals surface area contributed by atoms with Crippen molar-refractivity contribution < 1.29 is 9.84 Å². The zero-order valence-electron chi connectivity index (χ0n) is 15.6. The summed E-state index contributed by atoms with van der Waals surface area (Å²) in [6.07, 6.45) is 5.60. The van der Waals surface area contributed by atoms with Gasteiger partial charge in [0.25, 0.3) is 0 Å². The molecule has 0 saturated heterocycles. The van der Waals surface area contributed by atoms with Crippen LogP contribution < -0.4 is 10.1 Å². The van der Waals surface area contributed by atoms with Crippen LogP contribution in [0.4, 0.5) is 5.69 Å². The van der Waals surface area contributed by atoms with Crippen molar-refractivity contribution in [2.45, 2.75) is 25.0 Å². The molecule has 1 heterocycles. The van der Waals surface area contributed by atoms with E-state index in [4.69, 9.17) is 4.74 Å². The molecule has 0 spiro atoms. The highest BCUT2D eigenvalue weighted by molar-refractivity contribution is 5.61. The maximum Gasteiger partial charge on any atom is 0.119 e. The lowest BCUT2D eigenvalue weighted by Gasteiger charge is -2.37. The van der Waals surface area contributed by atoms with Crippen LogP contribution in [0.15, 0.2) is 84.9 Å². The number of rotatable bonds is 4. The van der Waals surface area contributed by atoms with Gasteiger partial charge in [-0.05, 0) is 59.4 Å². The van der Waals surface area contributed by atoms with Gasteiger partial charge in [0.1, 0.15) is 18.1 Å². The molecule has 3 atom stereocenters. The standard InChI is InChI=1S/C25H23NO2/c27-19-11-14-24-23(15-19)21-7-4-8-22(21)25(26-24)18-9-12-20(13-10-18)28-16-17-5-2-1-3-6-17/h1-7,9-15,21-22,25-27H,8,16H2. The van der Waals surface area contributed by atoms with E-state index in [2.05, 4.69) is 53.9 Å². The third-order valence-electron chi connectivity index (χ3n) is 5.83. The molecule has 1 aliphatic carbocycles. The molecule has 0 fully saturated rings. The highest BCUT2D eigenvalue weighted by Crippen LogP contribution is 2.50. The first-order valence-corrected chi connectivity index (χ1v) is 9.81. The van der Waals surface area contributed by atoms with E-state index in [0.29, 0.717) is 24.2 Å². The van der Waals surface area contributed by atoms with Crippen molar-refractivity contribution in [3.8, 4) is 11.5 Å². The number of hydrogen-bond acceptors (Lipinski definition) is 3. The van der Waals surface area contributed by atoms with Crippen LogP contribution in [-0.4, -0.2) is 5.11 Å². The molecule has 5 rings (SSSR count). The third kappa shape index (κ3) is 3.13. The molecule has 0 aromatic heterocycles. The summed E-state index contributed by atoms with van der Waals surface area (Å²) in [6, 6.07) is 24.5. The van der Waals surface area contributed by atoms with E-state index >= 15 is 0 Å². The predicted molar refractivity (Wildman–Crippen MR) is 112 cm³/mol. The number of phenolic OH excluding ortho intramolecular Hbond substituents is 1. The molecule has 28 heavy (non-hydrogen) atoms. The van der Waals surface area contributed by atoms with E-state index in [1.54, 1.807) is 6.07 Å². The lowest BCUT2D eigenvalue weighted by molar-refractivity contribution is 0.306. The minimum atomic E-state index is 0.250. The summed E-state index contributed by atoms with van der Waals surface area (Å²) in [6.45, 7) is 0.577. The van der Waals surface area contributed by atoms with Crippen molar-refractivity contribution in [1.82, 2.24) is 0 Å². The quantitative estimate of drug-likeness (QED) is 0.451. The van der Waals surface area contributed by atoms with Crippen molar-refractivity contribution in [3.63, 3.8) is 0 Å². The van der Waals surface area contributed by atoms with Crippen molar-refractivity contribution in [3.05, 3.63) is 102 Å². The van der Waals surface area contributed by atoms with Gasteiger partial charge in [-0.2, -0.15) is 0 Å². The number of aromatic hydroxyl groups is 1. The fraction of sp³-hybridized carbons (Fsp3) is 0.200. The van der Waals surface area contributed by atoms with Gasteiger partial charge in [-0.3, -0.25) is 0 Å². The molecule has 0 amide bonds. The van der Waals surface area contributed by atoms with Gasteiger partial charge < -0.3 is 15.2 Å². The van der Waals surface area contributed by atoms with Gasteiger partial charge in [0, 0.05) is 11.6 Å². The molecule has 1 aliphatic heterocycles. The second kappa shape index (κ2) is 7.08. The van der Waals surface area contributed by atoms with Crippen LogP contribution in [0.25, 0.3) is 0 Å². The molecular weight excluding hydrogens is 346 g/mol. The molecule has 3 heteroatoms. The van der Waals surface area contributed by atoms with Crippen LogP contribution in [-0.2, 0) is 6.61 Å². The maximum absolute atomic E-state index is 9.89. The van der Waals surface area contributed by atoms with Crippen molar-refractivity contribution in [2.24, 2.45) is 5.92 Å². The first-order valence-electron chi connectivity index (χ1n) is 9.81. The highest BCUT2D eigenvalue weighted by atomic mass is 16.5. The van der Waals surface area contributed by atoms with Crippen LogP contribution in [0.1, 0.15) is 35.1 Å². The average molecular weight is 369 g/mol. The first kappa shape index (κ1) is 16.9. The molecule has 0 bridgehead atoms. The number of nitrogens with one attached hydrogen (secondary N) is 1. The number of anilines is 1. The zero-order chi connectivity index (χ0) is 18.9. The molecule has 140 valence electrons. The number of ether oxygens (including phenoxy) is 1. The fourth-order valence-electron chi connectivity index (χ4n) is 4.42. The van der Waals surface area contributed by atoms with Crippen LogP contribution in [0.3, 0.4) is 0 Å². The SMILES string of the molecule is Oc1ccc2c(c1)C1C=CCC1C(c1ccc(OCc3ccccc3)cc1)N2. The Hall–Kier alpha value is -3.20. The van der Waals surface area contributed by atoms with Gasteiger partial charge in [-0.1, -0.05) is 54.6 Å². The maximum atomic E-state index is 9.89. The molecular formula is C25H23NO2. The number of phenols is 1. The average Bonchev–Trinajstić information content (AvgIpc) is 3.23. The highest BCUT2D eigenvalue weighted by Gasteiger charge is 2.37. The van der Waals surface area contributed by atoms with Crippen LogP contribution in [0, 0.1) is 5.92 Å². The van der Waals surface area contributed by atoms with Gasteiger partial charge in [0.05, 0.1) is 6.04 Å². The van der Waals surface area contributed by atoms with Gasteiger partial charge in [-0.15, -0.1) is 0 Å². The first-order chi connectivity index (χ1) is 13.8. The third-order valence-corrected chi connectivity index (χ3v) is 5.83. The number of fused-ring (bicyclic) bond motifs is 3. The molecule has 0 saturated carbocycles. The minimum absolute atomic E-state index is 0.250. The van der Waals surface area contributed by atoms with E-state index in [0.717, 1.165) is 17.9 Å². The summed E-state index contributed by atoms with van der Waals surface area (Å²) in [5, 5.41) is 13.6. The van der Waals surface area contributed by atoms with Crippen LogP contribution in [0.5, 0.6) is 11.5 Å². The van der Waals surface area contributed by atoms with Crippen LogP contribution in [0.2, 0.25) is 0 Å². The van der Waals surface area contributed by atoms with Gasteiger partial charge in [0.2, 0.25) is 0 Å². The molecule has 3 aromatic rings. The second-order valence-electron chi connectivity index (χ2n) is 7.59. The monoisotopic (exact) mass is 369 g/mol. The van der Waals surface area contributed by atoms with Crippen LogP contribution >= 0.6 is 0 Å². The normalized spacial score (nSPS) is 22.2. The van der Waals surface area contributed by atoms with E-state index in [1.165, 1.54) is 16.7 Å². The summed E-state index contributed by atoms with van der Waals surface area (Å²) in [5.74, 6) is 2.03. The summed E-state index contributed by atoms with van der Waals surface area (Å²) in [4.78, 5) is 0. The van der Waals surface area contributed by atoms with E-state index in [-0.39, 0.29) is 6.04 Å². The second-order valence-corrected chi connectivity index (χ2v) is 7.59. The Morgan fingerprint density at radius 1 is 0.964 bits per heavy atom. The topological polar surface area (TPSA) is 41.5 Å². The van der Waals surface area contributed by atoms with E-state index in [1.807, 2.05) is 30.3 Å². The number of hydrogen-bond donors (Lipinski definition) is 2. The Bertz CT molecular complexity index is 995. The molecule has 0 radical (unpaired) electrons. The van der Waals surface area contributed by atoms with Gasteiger partial charge in [0.15, 0.2) is 0 Å². The predicted octanol–water partition coefficient (Wildman–Crippen LogP) is 5.80. The Morgan fingerprint density at radius 3 is 2.61 bits per heavy atom. The lowest BCUT2D eigenvalue weighted by atomic mass is 9.77. The molecule has 2 N–H and O–H groups in total. The smallest absolute Gasteiger partial charge is 0.119 e. The molecule has 3 aromatic carbocycles. The Kier molecular flexibility index (Phi) is 4.28. The molecule has 3 unspecified atom stereocenters. The largest absolute Gasteiger partial charge is 0.508 e. The summed E-state index contributed by atoms with van der Waals surface area (Å²) in [7, 11) is 0. The van der Waals surface area contributed by atoms with E-state index in [9.17, 15) is 5.11 Å². The molecule has 3 nitrogen and oxygen atoms in total. The van der Waals surface area contributed by atoms with Crippen molar-refractivity contribution in [2.75, 3.05) is 5.32 Å². The Morgan fingerprint density at radius 2 is 1.79 bits per heavy atom. The number of benzene rings is 3. The van der Waals surface area contributed by atoms with E-state index < -0.39 is 0 Å². The Labute approximate surface area is 165 Å². The van der Waals surface area contributed by atoms with Crippen molar-refractivity contribution >= 4 is 5.69 Å². The summed E-state index contributed by atoms with van der Waals surface area (Å²) in [5.41, 5.74) is 4.74. The Balaban J connectivity index is 1.35. The minimum Gasteiger partial charge on any atom is -0.508 e. The summed E-state index contributed by atoms with van der Waals surface area (Å²) < 4.78 is 5.93. The fourth-order valence-corrected chi connectivity index (χ4v) is 4.42. The van der Waals surface area contributed by atoms with Crippen molar-refractivity contribution in [1.29, 1.82) is 0 Å². The summed E-state index contributed by atoms with van der Waals surface area (Å²) >= 11 is 0. The zero-order valence-corrected chi connectivity index (χ0v) is 15.6. The lowest BCUT2D eigenvalue weighted by Crippen LogP contribution is -2.28.